The van der Waals surface area contributed by atoms with E-state index in [9.17, 15) is 9.59 Å². The van der Waals surface area contributed by atoms with E-state index in [1.807, 2.05) is 6.92 Å². The number of carbonyl (C=O) groups is 2. The van der Waals surface area contributed by atoms with Gasteiger partial charge >= 0.3 is 6.16 Å². The quantitative estimate of drug-likeness (QED) is 0.754. The zero-order valence-electron chi connectivity index (χ0n) is 9.83. The highest BCUT2D eigenvalue weighted by molar-refractivity contribution is 5.84. The summed E-state index contributed by atoms with van der Waals surface area (Å²) >= 11 is 0. The third-order valence-electron chi connectivity index (χ3n) is 3.43. The van der Waals surface area contributed by atoms with Gasteiger partial charge in [0.05, 0.1) is 6.61 Å². The van der Waals surface area contributed by atoms with Gasteiger partial charge in [-0.2, -0.15) is 0 Å². The van der Waals surface area contributed by atoms with Gasteiger partial charge in [-0.25, -0.2) is 4.79 Å². The largest absolute Gasteiger partial charge is 0.505 e. The summed E-state index contributed by atoms with van der Waals surface area (Å²) in [6.45, 7) is 2.06. The Kier molecular flexibility index (Phi) is 4.77. The summed E-state index contributed by atoms with van der Waals surface area (Å²) in [5, 5.41) is 8.39. The lowest BCUT2D eigenvalue weighted by atomic mass is 9.75. The molecule has 92 valence electrons. The molecule has 0 aliphatic heterocycles. The highest BCUT2D eigenvalue weighted by atomic mass is 16.7. The van der Waals surface area contributed by atoms with Gasteiger partial charge in [0.15, 0.2) is 0 Å². The molecule has 1 fully saturated rings. The summed E-state index contributed by atoms with van der Waals surface area (Å²) in [5.74, 6) is 0.265. The van der Waals surface area contributed by atoms with Crippen LogP contribution in [0.2, 0.25) is 0 Å². The molecule has 0 aromatic carbocycles. The predicted octanol–water partition coefficient (Wildman–Crippen LogP) is 3.00. The van der Waals surface area contributed by atoms with E-state index in [4.69, 9.17) is 5.11 Å². The molecule has 1 aliphatic carbocycles. The van der Waals surface area contributed by atoms with E-state index in [0.29, 0.717) is 12.8 Å². The van der Waals surface area contributed by atoms with E-state index in [1.54, 1.807) is 0 Å². The molecule has 0 aromatic heterocycles. The van der Waals surface area contributed by atoms with Crippen molar-refractivity contribution in [1.82, 2.24) is 0 Å². The van der Waals surface area contributed by atoms with Crippen molar-refractivity contribution >= 4 is 11.9 Å². The van der Waals surface area contributed by atoms with Crippen LogP contribution in [0.3, 0.4) is 0 Å². The van der Waals surface area contributed by atoms with Gasteiger partial charge in [0.25, 0.3) is 0 Å². The van der Waals surface area contributed by atoms with Crippen molar-refractivity contribution in [3.05, 3.63) is 0 Å². The number of carbonyl (C=O) groups excluding carboxylic acids is 1. The maximum atomic E-state index is 12.0. The minimum Gasteiger partial charge on any atom is -0.450 e. The van der Waals surface area contributed by atoms with Crippen LogP contribution in [0.15, 0.2) is 0 Å². The molecule has 0 heterocycles. The molecule has 1 N–H and O–H groups in total. The van der Waals surface area contributed by atoms with Gasteiger partial charge in [-0.15, -0.1) is 0 Å². The summed E-state index contributed by atoms with van der Waals surface area (Å²) in [5.41, 5.74) is -0.379. The molecular formula is C12H20O4. The van der Waals surface area contributed by atoms with Crippen LogP contribution in [0.5, 0.6) is 0 Å². The second kappa shape index (κ2) is 5.87. The fraction of sp³-hybridized carbons (Fsp3) is 0.833. The normalized spacial score (nSPS) is 26.9. The molecule has 1 unspecified atom stereocenters. The average Bonchev–Trinajstić information content (AvgIpc) is 2.20. The van der Waals surface area contributed by atoms with Crippen LogP contribution in [-0.2, 0) is 9.53 Å². The number of rotatable bonds is 3. The third-order valence-corrected chi connectivity index (χ3v) is 3.43. The first-order chi connectivity index (χ1) is 7.54. The molecule has 4 nitrogen and oxygen atoms in total. The van der Waals surface area contributed by atoms with Crippen molar-refractivity contribution in [2.24, 2.45) is 5.41 Å². The van der Waals surface area contributed by atoms with Gasteiger partial charge in [0.2, 0.25) is 0 Å². The average molecular weight is 228 g/mol. The molecule has 0 aromatic rings. The first kappa shape index (κ1) is 13.0. The van der Waals surface area contributed by atoms with E-state index in [-0.39, 0.29) is 17.8 Å². The van der Waals surface area contributed by atoms with Crippen molar-refractivity contribution < 1.29 is 19.4 Å². The smallest absolute Gasteiger partial charge is 0.450 e. The number of hydrogen-bond acceptors (Lipinski definition) is 3. The van der Waals surface area contributed by atoms with Gasteiger partial charge < -0.3 is 9.84 Å². The summed E-state index contributed by atoms with van der Waals surface area (Å²) in [4.78, 5) is 22.2. The maximum Gasteiger partial charge on any atom is 0.505 e. The second-order valence-electron chi connectivity index (χ2n) is 4.76. The zero-order chi connectivity index (χ0) is 12.0. The molecule has 0 spiro atoms. The SMILES string of the molecule is CC1(CCOC(=O)O)CCCCCCC1=O. The Morgan fingerprint density at radius 3 is 2.75 bits per heavy atom. The lowest BCUT2D eigenvalue weighted by molar-refractivity contribution is -0.130. The second-order valence-corrected chi connectivity index (χ2v) is 4.76. The van der Waals surface area contributed by atoms with E-state index in [1.165, 1.54) is 6.42 Å². The Bertz CT molecular complexity index is 262. The predicted molar refractivity (Wildman–Crippen MR) is 59.4 cm³/mol. The minimum absolute atomic E-state index is 0.123. The lowest BCUT2D eigenvalue weighted by Gasteiger charge is -2.29. The first-order valence-corrected chi connectivity index (χ1v) is 5.94. The van der Waals surface area contributed by atoms with Crippen LogP contribution in [0.4, 0.5) is 4.79 Å². The standard InChI is InChI=1S/C12H20O4/c1-12(8-9-16-11(14)15)7-5-3-2-4-6-10(12)13/h2-9H2,1H3,(H,14,15). The Morgan fingerprint density at radius 1 is 1.38 bits per heavy atom. The number of hydrogen-bond donors (Lipinski definition) is 1. The van der Waals surface area contributed by atoms with Crippen LogP contribution >= 0.6 is 0 Å². The van der Waals surface area contributed by atoms with Crippen LogP contribution in [0.1, 0.15) is 51.9 Å². The van der Waals surface area contributed by atoms with Crippen molar-refractivity contribution in [2.45, 2.75) is 51.9 Å². The van der Waals surface area contributed by atoms with Gasteiger partial charge in [-0.3, -0.25) is 4.79 Å². The molecule has 1 rings (SSSR count). The Balaban J connectivity index is 2.48. The fourth-order valence-corrected chi connectivity index (χ4v) is 2.22. The van der Waals surface area contributed by atoms with Crippen molar-refractivity contribution in [3.63, 3.8) is 0 Å². The third kappa shape index (κ3) is 3.83. The topological polar surface area (TPSA) is 63.6 Å². The molecule has 1 saturated carbocycles. The highest BCUT2D eigenvalue weighted by Crippen LogP contribution is 2.33. The summed E-state index contributed by atoms with van der Waals surface area (Å²) in [7, 11) is 0. The zero-order valence-corrected chi connectivity index (χ0v) is 9.83. The number of ketones is 1. The summed E-state index contributed by atoms with van der Waals surface area (Å²) < 4.78 is 4.49. The Hall–Kier alpha value is -1.06. The van der Waals surface area contributed by atoms with E-state index >= 15 is 0 Å². The molecule has 1 atom stereocenters. The highest BCUT2D eigenvalue weighted by Gasteiger charge is 2.32. The number of ether oxygens (including phenoxy) is 1. The Labute approximate surface area is 96.0 Å². The first-order valence-electron chi connectivity index (χ1n) is 5.94. The van der Waals surface area contributed by atoms with Crippen molar-refractivity contribution in [3.8, 4) is 0 Å². The van der Waals surface area contributed by atoms with Gasteiger partial charge in [0, 0.05) is 11.8 Å². The van der Waals surface area contributed by atoms with Crippen LogP contribution in [-0.4, -0.2) is 23.7 Å². The maximum absolute atomic E-state index is 12.0. The molecule has 16 heavy (non-hydrogen) atoms. The molecule has 0 amide bonds. The van der Waals surface area contributed by atoms with Crippen LogP contribution in [0.25, 0.3) is 0 Å². The molecule has 0 bridgehead atoms. The fourth-order valence-electron chi connectivity index (χ4n) is 2.22. The molecule has 0 saturated heterocycles. The van der Waals surface area contributed by atoms with Gasteiger partial charge in [0.1, 0.15) is 5.78 Å². The monoisotopic (exact) mass is 228 g/mol. The molecule has 0 radical (unpaired) electrons. The van der Waals surface area contributed by atoms with Crippen molar-refractivity contribution in [2.75, 3.05) is 6.61 Å². The Morgan fingerprint density at radius 2 is 2.06 bits per heavy atom. The summed E-state index contributed by atoms with van der Waals surface area (Å²) in [6, 6.07) is 0. The van der Waals surface area contributed by atoms with Crippen LogP contribution in [0, 0.1) is 5.41 Å². The van der Waals surface area contributed by atoms with Crippen LogP contribution < -0.4 is 0 Å². The lowest BCUT2D eigenvalue weighted by Crippen LogP contribution is -2.30. The van der Waals surface area contributed by atoms with Crippen molar-refractivity contribution in [1.29, 1.82) is 0 Å². The van der Waals surface area contributed by atoms with Gasteiger partial charge in [-0.05, 0) is 19.3 Å². The minimum atomic E-state index is -1.26. The number of Topliss-reactive ketones (excluding diaryl/α,β-unsaturated/α-hetero) is 1. The molecule has 4 heteroatoms. The van der Waals surface area contributed by atoms with E-state index in [2.05, 4.69) is 4.74 Å². The summed E-state index contributed by atoms with van der Waals surface area (Å²) in [6.07, 6.45) is 5.05. The molecular weight excluding hydrogens is 208 g/mol. The van der Waals surface area contributed by atoms with E-state index in [0.717, 1.165) is 25.7 Å². The molecule has 1 aliphatic rings. The van der Waals surface area contributed by atoms with E-state index < -0.39 is 6.16 Å². The number of carboxylic acid groups (broad SMARTS) is 1. The van der Waals surface area contributed by atoms with Gasteiger partial charge in [-0.1, -0.05) is 26.2 Å².